The smallest absolute Gasteiger partial charge is 0.288 e. The van der Waals surface area contributed by atoms with Crippen molar-refractivity contribution in [3.05, 3.63) is 48.5 Å². The summed E-state index contributed by atoms with van der Waals surface area (Å²) in [5, 5.41) is 3.03. The first-order chi connectivity index (χ1) is 11.6. The maximum absolute atomic E-state index is 12.5. The van der Waals surface area contributed by atoms with Gasteiger partial charge in [-0.1, -0.05) is 47.8 Å². The Bertz CT molecular complexity index is 822. The van der Waals surface area contributed by atoms with Gasteiger partial charge in [0.2, 0.25) is 5.91 Å². The highest BCUT2D eigenvalue weighted by atomic mass is 32.2. The van der Waals surface area contributed by atoms with Gasteiger partial charge in [-0.25, -0.2) is 4.98 Å². The summed E-state index contributed by atoms with van der Waals surface area (Å²) in [6.07, 6.45) is 0. The molecule has 1 N–H and O–H groups in total. The summed E-state index contributed by atoms with van der Waals surface area (Å²) in [4.78, 5) is 16.6. The van der Waals surface area contributed by atoms with E-state index in [-0.39, 0.29) is 11.7 Å². The van der Waals surface area contributed by atoms with Crippen molar-refractivity contribution >= 4 is 46.2 Å². The van der Waals surface area contributed by atoms with E-state index in [4.69, 9.17) is 4.42 Å². The minimum absolute atomic E-state index is 0.0699. The van der Waals surface area contributed by atoms with Crippen molar-refractivity contribution in [2.45, 2.75) is 15.9 Å². The molecular weight excluding hydrogens is 354 g/mol. The van der Waals surface area contributed by atoms with E-state index in [0.29, 0.717) is 33.2 Å². The lowest BCUT2D eigenvalue weighted by Crippen LogP contribution is -2.14. The third kappa shape index (κ3) is 4.27. The van der Waals surface area contributed by atoms with Crippen LogP contribution in [0.15, 0.2) is 63.1 Å². The van der Waals surface area contributed by atoms with Crippen molar-refractivity contribution in [3.63, 3.8) is 0 Å². The van der Waals surface area contributed by atoms with Crippen LogP contribution in [0.1, 0.15) is 0 Å². The van der Waals surface area contributed by atoms with E-state index in [1.807, 2.05) is 18.2 Å². The fourth-order valence-corrected chi connectivity index (χ4v) is 3.23. The number of alkyl halides is 2. The van der Waals surface area contributed by atoms with Crippen molar-refractivity contribution < 1.29 is 18.0 Å². The van der Waals surface area contributed by atoms with Crippen LogP contribution < -0.4 is 5.32 Å². The molecule has 124 valence electrons. The molecule has 0 aliphatic rings. The van der Waals surface area contributed by atoms with Gasteiger partial charge in [0, 0.05) is 4.90 Å². The third-order valence-electron chi connectivity index (χ3n) is 2.98. The number of anilines is 1. The summed E-state index contributed by atoms with van der Waals surface area (Å²) in [5.41, 5.74) is 1.74. The molecule has 24 heavy (non-hydrogen) atoms. The van der Waals surface area contributed by atoms with Crippen LogP contribution in [-0.4, -0.2) is 22.4 Å². The molecule has 0 aliphatic heterocycles. The summed E-state index contributed by atoms with van der Waals surface area (Å²) in [6, 6.07) is 13.8. The molecule has 3 aromatic rings. The molecule has 8 heteroatoms. The van der Waals surface area contributed by atoms with Gasteiger partial charge in [-0.15, -0.1) is 0 Å². The number of para-hydroxylation sites is 3. The second kappa shape index (κ2) is 7.67. The van der Waals surface area contributed by atoms with Gasteiger partial charge >= 0.3 is 0 Å². The normalized spacial score (nSPS) is 11.1. The van der Waals surface area contributed by atoms with Crippen molar-refractivity contribution in [3.8, 4) is 0 Å². The van der Waals surface area contributed by atoms with Crippen LogP contribution in [0.5, 0.6) is 0 Å². The standard InChI is InChI=1S/C16H12F2N2O2S2/c17-15(18)24-13-8-4-2-6-11(13)19-14(21)9-23-16-20-10-5-1-3-7-12(10)22-16/h1-8,15H,9H2,(H,19,21). The third-order valence-corrected chi connectivity index (χ3v) is 4.59. The molecule has 2 aromatic carbocycles. The van der Waals surface area contributed by atoms with E-state index in [1.165, 1.54) is 0 Å². The van der Waals surface area contributed by atoms with Gasteiger partial charge in [0.25, 0.3) is 11.0 Å². The van der Waals surface area contributed by atoms with Crippen molar-refractivity contribution in [2.75, 3.05) is 11.1 Å². The summed E-state index contributed by atoms with van der Waals surface area (Å²) in [5.74, 6) is -2.79. The zero-order chi connectivity index (χ0) is 16.9. The number of aromatic nitrogens is 1. The van der Waals surface area contributed by atoms with Crippen LogP contribution in [0.3, 0.4) is 0 Å². The Balaban J connectivity index is 1.61. The van der Waals surface area contributed by atoms with Crippen LogP contribution in [0.4, 0.5) is 14.5 Å². The number of oxazole rings is 1. The number of carbonyl (C=O) groups excluding carboxylic acids is 1. The number of amides is 1. The zero-order valence-electron chi connectivity index (χ0n) is 12.2. The van der Waals surface area contributed by atoms with Crippen molar-refractivity contribution in [2.24, 2.45) is 0 Å². The van der Waals surface area contributed by atoms with Gasteiger partial charge in [-0.2, -0.15) is 8.78 Å². The SMILES string of the molecule is O=C(CSc1nc2ccccc2o1)Nc1ccccc1SC(F)F. The molecule has 0 bridgehead atoms. The van der Waals surface area contributed by atoms with Gasteiger partial charge in [0.05, 0.1) is 11.4 Å². The molecule has 0 saturated carbocycles. The number of fused-ring (bicyclic) bond motifs is 1. The number of rotatable bonds is 6. The van der Waals surface area contributed by atoms with E-state index in [0.717, 1.165) is 17.3 Å². The molecule has 0 spiro atoms. The average molecular weight is 366 g/mol. The highest BCUT2D eigenvalue weighted by molar-refractivity contribution is 8.00. The number of carbonyl (C=O) groups is 1. The molecule has 1 amide bonds. The van der Waals surface area contributed by atoms with Crippen LogP contribution >= 0.6 is 23.5 Å². The maximum Gasteiger partial charge on any atom is 0.288 e. The molecule has 0 fully saturated rings. The first-order valence-corrected chi connectivity index (χ1v) is 8.80. The van der Waals surface area contributed by atoms with Gasteiger partial charge in [0.1, 0.15) is 5.52 Å². The molecule has 0 unspecified atom stereocenters. The van der Waals surface area contributed by atoms with Gasteiger partial charge in [0.15, 0.2) is 5.58 Å². The second-order valence-corrected chi connectivity index (χ2v) is 6.62. The Morgan fingerprint density at radius 3 is 2.71 bits per heavy atom. The van der Waals surface area contributed by atoms with Crippen molar-refractivity contribution in [1.29, 1.82) is 0 Å². The predicted molar refractivity (Wildman–Crippen MR) is 91.7 cm³/mol. The maximum atomic E-state index is 12.5. The van der Waals surface area contributed by atoms with Gasteiger partial charge in [-0.05, 0) is 24.3 Å². The zero-order valence-corrected chi connectivity index (χ0v) is 13.9. The Labute approximate surface area is 145 Å². The summed E-state index contributed by atoms with van der Waals surface area (Å²) >= 11 is 1.55. The van der Waals surface area contributed by atoms with E-state index < -0.39 is 5.76 Å². The Morgan fingerprint density at radius 1 is 1.17 bits per heavy atom. The van der Waals surface area contributed by atoms with Gasteiger partial charge in [-0.3, -0.25) is 4.79 Å². The average Bonchev–Trinajstić information content (AvgIpc) is 2.97. The molecule has 1 heterocycles. The highest BCUT2D eigenvalue weighted by Crippen LogP contribution is 2.32. The molecule has 0 aliphatic carbocycles. The summed E-state index contributed by atoms with van der Waals surface area (Å²) in [7, 11) is 0. The minimum atomic E-state index is -2.54. The molecule has 0 radical (unpaired) electrons. The Hall–Kier alpha value is -2.06. The molecular formula is C16H12F2N2O2S2. The lowest BCUT2D eigenvalue weighted by Gasteiger charge is -2.09. The number of hydrogen-bond acceptors (Lipinski definition) is 5. The van der Waals surface area contributed by atoms with Crippen LogP contribution in [0.2, 0.25) is 0 Å². The van der Waals surface area contributed by atoms with Crippen LogP contribution in [0, 0.1) is 0 Å². The predicted octanol–water partition coefficient (Wildman–Crippen LogP) is 4.87. The number of benzene rings is 2. The Kier molecular flexibility index (Phi) is 5.37. The number of thioether (sulfide) groups is 2. The molecule has 4 nitrogen and oxygen atoms in total. The second-order valence-electron chi connectivity index (χ2n) is 4.66. The highest BCUT2D eigenvalue weighted by Gasteiger charge is 2.13. The minimum Gasteiger partial charge on any atom is -0.431 e. The summed E-state index contributed by atoms with van der Waals surface area (Å²) < 4.78 is 30.6. The van der Waals surface area contributed by atoms with E-state index >= 15 is 0 Å². The fraction of sp³-hybridized carbons (Fsp3) is 0.125. The van der Waals surface area contributed by atoms with E-state index in [1.54, 1.807) is 30.3 Å². The molecule has 1 aromatic heterocycles. The lowest BCUT2D eigenvalue weighted by atomic mass is 10.3. The number of halogens is 2. The van der Waals surface area contributed by atoms with Crippen LogP contribution in [-0.2, 0) is 4.79 Å². The van der Waals surface area contributed by atoms with Gasteiger partial charge < -0.3 is 9.73 Å². The monoisotopic (exact) mass is 366 g/mol. The number of nitrogens with one attached hydrogen (secondary N) is 1. The first kappa shape index (κ1) is 16.8. The molecule has 0 saturated heterocycles. The molecule has 0 atom stereocenters. The summed E-state index contributed by atoms with van der Waals surface area (Å²) in [6.45, 7) is 0. The van der Waals surface area contributed by atoms with E-state index in [2.05, 4.69) is 10.3 Å². The van der Waals surface area contributed by atoms with Crippen LogP contribution in [0.25, 0.3) is 11.1 Å². The quantitative estimate of drug-likeness (QED) is 0.631. The lowest BCUT2D eigenvalue weighted by molar-refractivity contribution is -0.113. The Morgan fingerprint density at radius 2 is 1.92 bits per heavy atom. The number of hydrogen-bond donors (Lipinski definition) is 1. The fourth-order valence-electron chi connectivity index (χ4n) is 2.00. The number of nitrogens with zero attached hydrogens (tertiary/aromatic N) is 1. The largest absolute Gasteiger partial charge is 0.431 e. The topological polar surface area (TPSA) is 55.1 Å². The first-order valence-electron chi connectivity index (χ1n) is 6.94. The molecule has 3 rings (SSSR count). The van der Waals surface area contributed by atoms with Crippen molar-refractivity contribution in [1.82, 2.24) is 4.98 Å². The van der Waals surface area contributed by atoms with E-state index in [9.17, 15) is 13.6 Å².